The maximum atomic E-state index is 12.0. The van der Waals surface area contributed by atoms with E-state index in [9.17, 15) is 27.6 Å². The zero-order valence-corrected chi connectivity index (χ0v) is 11.3. The predicted molar refractivity (Wildman–Crippen MR) is 66.1 cm³/mol. The number of carbonyl (C=O) groups excluding carboxylic acids is 1. The summed E-state index contributed by atoms with van der Waals surface area (Å²) in [5.41, 5.74) is 5.16. The number of carboxylic acid groups (broad SMARTS) is 2. The fourth-order valence-corrected chi connectivity index (χ4v) is 2.99. The lowest BCUT2D eigenvalue weighted by atomic mass is 10.3. The number of aliphatic carboxylic acids is 2. The van der Waals surface area contributed by atoms with Gasteiger partial charge < -0.3 is 21.3 Å². The molecule has 116 valence electrons. The Balaban J connectivity index is 4.21. The molecule has 2 unspecified atom stereocenters. The number of hydrogen-bond donors (Lipinski definition) is 4. The number of carboxylic acids is 2. The lowest BCUT2D eigenvalue weighted by Crippen LogP contribution is -2.48. The van der Waals surface area contributed by atoms with Crippen molar-refractivity contribution in [2.24, 2.45) is 5.73 Å². The fraction of sp³-hybridized carbons (Fsp3) is 0.625. The molecule has 20 heavy (non-hydrogen) atoms. The van der Waals surface area contributed by atoms with Crippen LogP contribution in [0.5, 0.6) is 0 Å². The van der Waals surface area contributed by atoms with E-state index in [2.05, 4.69) is 0 Å². The van der Waals surface area contributed by atoms with Gasteiger partial charge in [0.2, 0.25) is 0 Å². The molecule has 0 fully saturated rings. The third-order valence-corrected chi connectivity index (χ3v) is 4.19. The Kier molecular flexibility index (Phi) is 7.75. The number of halogens is 3. The first kappa shape index (κ1) is 18.9. The smallest absolute Gasteiger partial charge is 0.471 e. The zero-order chi connectivity index (χ0) is 15.9. The van der Waals surface area contributed by atoms with Crippen molar-refractivity contribution in [3.05, 3.63) is 0 Å². The van der Waals surface area contributed by atoms with E-state index >= 15 is 0 Å². The molecular formula is C8H11F3N2O5S2. The highest BCUT2D eigenvalue weighted by atomic mass is 33.1. The van der Waals surface area contributed by atoms with Gasteiger partial charge in [0.05, 0.1) is 0 Å². The Morgan fingerprint density at radius 3 is 2.00 bits per heavy atom. The van der Waals surface area contributed by atoms with Crippen molar-refractivity contribution in [2.75, 3.05) is 11.5 Å². The number of alkyl halides is 3. The van der Waals surface area contributed by atoms with Crippen LogP contribution in [0.4, 0.5) is 13.2 Å². The molecule has 0 aliphatic heterocycles. The zero-order valence-electron chi connectivity index (χ0n) is 9.72. The number of nitrogens with two attached hydrogens (primary N) is 1. The molecule has 7 nitrogen and oxygen atoms in total. The van der Waals surface area contributed by atoms with Crippen LogP contribution >= 0.6 is 21.6 Å². The maximum Gasteiger partial charge on any atom is 0.471 e. The minimum absolute atomic E-state index is 0.0560. The summed E-state index contributed by atoms with van der Waals surface area (Å²) >= 11 is 0. The molecule has 0 aliphatic carbocycles. The monoisotopic (exact) mass is 336 g/mol. The van der Waals surface area contributed by atoms with Crippen molar-refractivity contribution in [1.29, 1.82) is 0 Å². The molecular weight excluding hydrogens is 325 g/mol. The molecule has 2 atom stereocenters. The van der Waals surface area contributed by atoms with Gasteiger partial charge in [0.25, 0.3) is 0 Å². The summed E-state index contributed by atoms with van der Waals surface area (Å²) in [5, 5.41) is 18.4. The van der Waals surface area contributed by atoms with E-state index in [4.69, 9.17) is 15.9 Å². The van der Waals surface area contributed by atoms with Crippen LogP contribution in [-0.4, -0.2) is 57.8 Å². The van der Waals surface area contributed by atoms with Crippen molar-refractivity contribution in [1.82, 2.24) is 5.32 Å². The number of hydrogen-bond acceptors (Lipinski definition) is 6. The van der Waals surface area contributed by atoms with Crippen LogP contribution in [0.1, 0.15) is 0 Å². The van der Waals surface area contributed by atoms with E-state index in [1.165, 1.54) is 5.32 Å². The van der Waals surface area contributed by atoms with Gasteiger partial charge in [-0.3, -0.25) is 9.59 Å². The van der Waals surface area contributed by atoms with E-state index in [1.54, 1.807) is 0 Å². The van der Waals surface area contributed by atoms with Crippen LogP contribution in [0.25, 0.3) is 0 Å². The van der Waals surface area contributed by atoms with Crippen LogP contribution in [0.15, 0.2) is 0 Å². The molecule has 0 aromatic carbocycles. The minimum Gasteiger partial charge on any atom is -0.480 e. The van der Waals surface area contributed by atoms with Gasteiger partial charge in [-0.05, 0) is 0 Å². The van der Waals surface area contributed by atoms with E-state index in [0.29, 0.717) is 0 Å². The van der Waals surface area contributed by atoms with E-state index < -0.39 is 36.1 Å². The molecule has 0 radical (unpaired) electrons. The lowest BCUT2D eigenvalue weighted by Gasteiger charge is -2.15. The highest BCUT2D eigenvalue weighted by Gasteiger charge is 2.40. The molecule has 12 heteroatoms. The fourth-order valence-electron chi connectivity index (χ4n) is 0.724. The Bertz CT molecular complexity index is 380. The van der Waals surface area contributed by atoms with Gasteiger partial charge in [0.1, 0.15) is 12.1 Å². The highest BCUT2D eigenvalue weighted by Crippen LogP contribution is 2.23. The summed E-state index contributed by atoms with van der Waals surface area (Å²) < 4.78 is 35.9. The Labute approximate surface area is 118 Å². The van der Waals surface area contributed by atoms with Crippen LogP contribution in [0.3, 0.4) is 0 Å². The molecule has 1 amide bonds. The van der Waals surface area contributed by atoms with Crippen molar-refractivity contribution in [3.63, 3.8) is 0 Å². The maximum absolute atomic E-state index is 12.0. The average Bonchev–Trinajstić information content (AvgIpc) is 2.30. The molecule has 0 saturated heterocycles. The second-order valence-corrected chi connectivity index (χ2v) is 5.93. The van der Waals surface area contributed by atoms with Gasteiger partial charge in [-0.25, -0.2) is 4.79 Å². The summed E-state index contributed by atoms with van der Waals surface area (Å²) in [7, 11) is 1.68. The standard InChI is InChI=1S/C8H11F3N2O5S2/c9-8(10,11)7(18)13-4(6(16)17)2-20-19-1-3(12)5(14)15/h3-4H,1-2,12H2,(H,13,18)(H,14,15)(H,16,17). The first-order valence-electron chi connectivity index (χ1n) is 4.89. The summed E-state index contributed by atoms with van der Waals surface area (Å²) in [6.07, 6.45) is -5.17. The number of rotatable bonds is 8. The van der Waals surface area contributed by atoms with Crippen molar-refractivity contribution >= 4 is 39.4 Å². The van der Waals surface area contributed by atoms with Crippen LogP contribution in [0, 0.1) is 0 Å². The quantitative estimate of drug-likeness (QED) is 0.357. The van der Waals surface area contributed by atoms with Crippen molar-refractivity contribution < 1.29 is 37.8 Å². The van der Waals surface area contributed by atoms with Gasteiger partial charge in [0.15, 0.2) is 0 Å². The van der Waals surface area contributed by atoms with Crippen molar-refractivity contribution in [2.45, 2.75) is 18.3 Å². The molecule has 0 spiro atoms. The first-order chi connectivity index (χ1) is 9.05. The average molecular weight is 336 g/mol. The minimum atomic E-state index is -5.17. The summed E-state index contributed by atoms with van der Waals surface area (Å²) in [4.78, 5) is 31.6. The van der Waals surface area contributed by atoms with Crippen LogP contribution in [0.2, 0.25) is 0 Å². The lowest BCUT2D eigenvalue weighted by molar-refractivity contribution is -0.175. The Hall–Kier alpha value is -1.14. The number of nitrogens with one attached hydrogen (secondary N) is 1. The predicted octanol–water partition coefficient (Wildman–Crippen LogP) is -0.0886. The first-order valence-corrected chi connectivity index (χ1v) is 7.37. The second-order valence-electron chi connectivity index (χ2n) is 3.38. The van der Waals surface area contributed by atoms with Crippen LogP contribution < -0.4 is 11.1 Å². The number of carbonyl (C=O) groups is 3. The second kappa shape index (κ2) is 8.21. The van der Waals surface area contributed by atoms with E-state index in [1.807, 2.05) is 0 Å². The molecule has 0 saturated carbocycles. The van der Waals surface area contributed by atoms with Gasteiger partial charge in [-0.15, -0.1) is 0 Å². The molecule has 0 heterocycles. The Morgan fingerprint density at radius 2 is 1.60 bits per heavy atom. The third kappa shape index (κ3) is 7.45. The molecule has 5 N–H and O–H groups in total. The number of amides is 1. The van der Waals surface area contributed by atoms with Gasteiger partial charge in [-0.1, -0.05) is 21.6 Å². The summed E-state index contributed by atoms with van der Waals surface area (Å²) in [6, 6.07) is -2.90. The largest absolute Gasteiger partial charge is 0.480 e. The van der Waals surface area contributed by atoms with Gasteiger partial charge in [0, 0.05) is 11.5 Å². The molecule has 0 aliphatic rings. The summed E-state index contributed by atoms with van der Waals surface area (Å²) in [6.45, 7) is 0. The highest BCUT2D eigenvalue weighted by molar-refractivity contribution is 8.76. The molecule has 0 rings (SSSR count). The van der Waals surface area contributed by atoms with Gasteiger partial charge >= 0.3 is 24.0 Å². The van der Waals surface area contributed by atoms with Gasteiger partial charge in [-0.2, -0.15) is 13.2 Å². The van der Waals surface area contributed by atoms with E-state index in [0.717, 1.165) is 21.6 Å². The normalized spacial score (nSPS) is 14.4. The van der Waals surface area contributed by atoms with E-state index in [-0.39, 0.29) is 11.5 Å². The molecule has 0 aromatic heterocycles. The summed E-state index contributed by atoms with van der Waals surface area (Å²) in [5.74, 6) is -5.65. The molecule has 0 bridgehead atoms. The molecule has 0 aromatic rings. The van der Waals surface area contributed by atoms with Crippen LogP contribution in [-0.2, 0) is 14.4 Å². The third-order valence-electron chi connectivity index (χ3n) is 1.74. The SMILES string of the molecule is NC(CSSCC(NC(=O)C(F)(F)F)C(=O)O)C(=O)O. The topological polar surface area (TPSA) is 130 Å². The Morgan fingerprint density at radius 1 is 1.10 bits per heavy atom. The van der Waals surface area contributed by atoms with Crippen molar-refractivity contribution in [3.8, 4) is 0 Å².